The zero-order chi connectivity index (χ0) is 25.9. The molecule has 0 aliphatic carbocycles. The Morgan fingerprint density at radius 2 is 1.92 bits per heavy atom. The maximum absolute atomic E-state index is 14.8. The van der Waals surface area contributed by atoms with Gasteiger partial charge in [0.1, 0.15) is 11.5 Å². The number of aryl methyl sites for hydroxylation is 1. The summed E-state index contributed by atoms with van der Waals surface area (Å²) in [6.07, 6.45) is 3.27. The summed E-state index contributed by atoms with van der Waals surface area (Å²) in [5.74, 6) is -0.284. The summed E-state index contributed by atoms with van der Waals surface area (Å²) in [6, 6.07) is 10.6. The van der Waals surface area contributed by atoms with Gasteiger partial charge in [-0.15, -0.1) is 10.2 Å². The van der Waals surface area contributed by atoms with E-state index in [1.807, 2.05) is 25.1 Å². The molecule has 3 heterocycles. The molecular weight excluding hydrogens is 459 g/mol. The zero-order valence-corrected chi connectivity index (χ0v) is 20.9. The fourth-order valence-electron chi connectivity index (χ4n) is 3.43. The number of aromatic nitrogens is 5. The van der Waals surface area contributed by atoms with Crippen LogP contribution in [0.5, 0.6) is 0 Å². The highest BCUT2D eigenvalue weighted by Crippen LogP contribution is 2.30. The maximum Gasteiger partial charge on any atom is 0.268 e. The van der Waals surface area contributed by atoms with Gasteiger partial charge in [0, 0.05) is 32.0 Å². The molecule has 0 saturated heterocycles. The van der Waals surface area contributed by atoms with E-state index in [2.05, 4.69) is 36.5 Å². The van der Waals surface area contributed by atoms with Crippen LogP contribution in [-0.2, 0) is 5.41 Å². The number of benzene rings is 1. The van der Waals surface area contributed by atoms with Gasteiger partial charge in [-0.3, -0.25) is 9.97 Å². The largest absolute Gasteiger partial charge is 0.414 e. The molecule has 186 valence electrons. The van der Waals surface area contributed by atoms with Crippen LogP contribution in [0.1, 0.15) is 26.7 Å². The molecule has 9 nitrogen and oxygen atoms in total. The molecule has 10 heteroatoms. The fraction of sp³-hybridized carbons (Fsp3) is 0.308. The third kappa shape index (κ3) is 5.37. The van der Waals surface area contributed by atoms with Gasteiger partial charge in [0.25, 0.3) is 11.8 Å². The van der Waals surface area contributed by atoms with Crippen LogP contribution >= 0.6 is 0 Å². The lowest BCUT2D eigenvalue weighted by molar-refractivity contribution is 0.425. The number of hydrogen-bond acceptors (Lipinski definition) is 9. The smallest absolute Gasteiger partial charge is 0.268 e. The number of nitrogens with one attached hydrogen (secondary N) is 1. The van der Waals surface area contributed by atoms with Crippen LogP contribution in [0.25, 0.3) is 34.3 Å². The van der Waals surface area contributed by atoms with E-state index in [0.717, 1.165) is 12.1 Å². The number of rotatable bonds is 8. The highest BCUT2D eigenvalue weighted by molar-refractivity contribution is 5.64. The number of halogens is 1. The Bertz CT molecular complexity index is 1430. The first kappa shape index (κ1) is 24.9. The third-order valence-electron chi connectivity index (χ3n) is 5.65. The van der Waals surface area contributed by atoms with Crippen molar-refractivity contribution in [3.05, 3.63) is 59.9 Å². The fourth-order valence-corrected chi connectivity index (χ4v) is 3.43. The maximum atomic E-state index is 14.8. The van der Waals surface area contributed by atoms with E-state index in [0.29, 0.717) is 35.0 Å². The summed E-state index contributed by atoms with van der Waals surface area (Å²) in [6.45, 7) is 6.90. The van der Waals surface area contributed by atoms with Crippen molar-refractivity contribution in [2.75, 3.05) is 32.5 Å². The molecule has 36 heavy (non-hydrogen) atoms. The standard InChI is InChI=1S/C26H27FN8O.H2/c1-16-23(32-21(14-31-16)17-8-9-30-22(12-17)26(2,3)15-28)25-34-33-24(36-25)19-7-6-18(13-20(19)27)29-10-11-35(4)5;/h6-9,12-14,29H,10-11H2,1-5H3;1H. The Morgan fingerprint density at radius 1 is 1.14 bits per heavy atom. The molecule has 0 atom stereocenters. The van der Waals surface area contributed by atoms with Gasteiger partial charge in [-0.1, -0.05) is 0 Å². The molecule has 1 N–H and O–H groups in total. The molecule has 0 amide bonds. The minimum absolute atomic E-state index is 0. The summed E-state index contributed by atoms with van der Waals surface area (Å²) < 4.78 is 20.6. The summed E-state index contributed by atoms with van der Waals surface area (Å²) in [7, 11) is 3.95. The van der Waals surface area contributed by atoms with Crippen molar-refractivity contribution in [2.45, 2.75) is 26.2 Å². The SMILES string of the molecule is Cc1ncc(-c2ccnc(C(C)(C)C#N)c2)nc1-c1nnc(-c2ccc(NCCN(C)C)cc2F)o1.[HH]. The first-order valence-corrected chi connectivity index (χ1v) is 11.4. The molecule has 0 aliphatic heterocycles. The number of pyridine rings is 1. The lowest BCUT2D eigenvalue weighted by Crippen LogP contribution is -2.20. The number of hydrogen-bond donors (Lipinski definition) is 1. The Hall–Kier alpha value is -4.23. The Balaban J connectivity index is 0.00000380. The van der Waals surface area contributed by atoms with Crippen LogP contribution in [0, 0.1) is 24.1 Å². The quantitative estimate of drug-likeness (QED) is 0.376. The van der Waals surface area contributed by atoms with E-state index in [1.54, 1.807) is 51.4 Å². The second-order valence-electron chi connectivity index (χ2n) is 9.19. The molecule has 4 rings (SSSR count). The van der Waals surface area contributed by atoms with E-state index in [4.69, 9.17) is 4.42 Å². The average Bonchev–Trinajstić information content (AvgIpc) is 3.34. The van der Waals surface area contributed by atoms with Gasteiger partial charge in [0.2, 0.25) is 0 Å². The molecule has 0 bridgehead atoms. The van der Waals surface area contributed by atoms with E-state index in [9.17, 15) is 9.65 Å². The van der Waals surface area contributed by atoms with Gasteiger partial charge < -0.3 is 14.6 Å². The van der Waals surface area contributed by atoms with Gasteiger partial charge in [-0.2, -0.15) is 5.26 Å². The average molecular weight is 489 g/mol. The van der Waals surface area contributed by atoms with Crippen LogP contribution < -0.4 is 5.32 Å². The van der Waals surface area contributed by atoms with Crippen LogP contribution in [0.2, 0.25) is 0 Å². The van der Waals surface area contributed by atoms with Gasteiger partial charge in [0.15, 0.2) is 0 Å². The highest BCUT2D eigenvalue weighted by Gasteiger charge is 2.23. The molecule has 0 radical (unpaired) electrons. The second kappa shape index (κ2) is 10.2. The van der Waals surface area contributed by atoms with Gasteiger partial charge in [0.05, 0.1) is 40.3 Å². The van der Waals surface area contributed by atoms with Gasteiger partial charge in [-0.25, -0.2) is 9.37 Å². The van der Waals surface area contributed by atoms with Crippen LogP contribution in [-0.4, -0.2) is 57.2 Å². The highest BCUT2D eigenvalue weighted by atomic mass is 19.1. The number of likely N-dealkylation sites (N-methyl/N-ethyl adjacent to an activating group) is 1. The number of anilines is 1. The summed E-state index contributed by atoms with van der Waals surface area (Å²) in [4.78, 5) is 15.5. The molecule has 0 saturated carbocycles. The van der Waals surface area contributed by atoms with Crippen molar-refractivity contribution in [1.82, 2.24) is 30.0 Å². The van der Waals surface area contributed by atoms with E-state index >= 15 is 0 Å². The summed E-state index contributed by atoms with van der Waals surface area (Å²) >= 11 is 0. The van der Waals surface area contributed by atoms with E-state index < -0.39 is 11.2 Å². The zero-order valence-electron chi connectivity index (χ0n) is 20.9. The van der Waals surface area contributed by atoms with Gasteiger partial charge >= 0.3 is 0 Å². The Morgan fingerprint density at radius 3 is 2.64 bits per heavy atom. The number of nitriles is 1. The number of nitrogens with zero attached hydrogens (tertiary/aromatic N) is 7. The van der Waals surface area contributed by atoms with Crippen LogP contribution in [0.15, 0.2) is 47.1 Å². The lowest BCUT2D eigenvalue weighted by Gasteiger charge is -2.15. The van der Waals surface area contributed by atoms with Crippen molar-refractivity contribution in [3.8, 4) is 40.4 Å². The molecule has 0 aliphatic rings. The molecular formula is C26H29FN8O. The van der Waals surface area contributed by atoms with Crippen molar-refractivity contribution in [3.63, 3.8) is 0 Å². The normalized spacial score (nSPS) is 11.5. The first-order chi connectivity index (χ1) is 17.2. The third-order valence-corrected chi connectivity index (χ3v) is 5.65. The molecule has 0 spiro atoms. The second-order valence-corrected chi connectivity index (χ2v) is 9.19. The van der Waals surface area contributed by atoms with Crippen molar-refractivity contribution < 1.29 is 10.2 Å². The molecule has 0 fully saturated rings. The Kier molecular flexibility index (Phi) is 7.03. The molecule has 3 aromatic heterocycles. The minimum atomic E-state index is -0.750. The first-order valence-electron chi connectivity index (χ1n) is 11.4. The molecule has 4 aromatic rings. The summed E-state index contributed by atoms with van der Waals surface area (Å²) in [5.41, 5.74) is 3.04. The monoisotopic (exact) mass is 488 g/mol. The van der Waals surface area contributed by atoms with Crippen molar-refractivity contribution in [2.24, 2.45) is 0 Å². The minimum Gasteiger partial charge on any atom is -0.414 e. The predicted molar refractivity (Wildman–Crippen MR) is 136 cm³/mol. The topological polar surface area (TPSA) is 117 Å². The predicted octanol–water partition coefficient (Wildman–Crippen LogP) is 4.72. The van der Waals surface area contributed by atoms with Crippen molar-refractivity contribution >= 4 is 5.69 Å². The van der Waals surface area contributed by atoms with Gasteiger partial charge in [-0.05, 0) is 65.2 Å². The van der Waals surface area contributed by atoms with E-state index in [1.165, 1.54) is 6.07 Å². The Labute approximate surface area is 210 Å². The molecule has 0 unspecified atom stereocenters. The van der Waals surface area contributed by atoms with Crippen molar-refractivity contribution in [1.29, 1.82) is 5.26 Å². The summed E-state index contributed by atoms with van der Waals surface area (Å²) in [5, 5.41) is 20.8. The lowest BCUT2D eigenvalue weighted by atomic mass is 9.90. The van der Waals surface area contributed by atoms with Crippen LogP contribution in [0.4, 0.5) is 10.1 Å². The van der Waals surface area contributed by atoms with E-state index in [-0.39, 0.29) is 18.8 Å². The van der Waals surface area contributed by atoms with Crippen LogP contribution in [0.3, 0.4) is 0 Å². The molecule has 1 aromatic carbocycles.